The number of aromatic nitrogens is 2. The van der Waals surface area contributed by atoms with Gasteiger partial charge in [-0.15, -0.1) is 0 Å². The number of fused-ring (bicyclic) bond motifs is 1. The van der Waals surface area contributed by atoms with Crippen molar-refractivity contribution in [3.05, 3.63) is 69.6 Å². The van der Waals surface area contributed by atoms with Crippen molar-refractivity contribution in [2.75, 3.05) is 20.2 Å². The van der Waals surface area contributed by atoms with Crippen LogP contribution in [0.3, 0.4) is 0 Å². The van der Waals surface area contributed by atoms with Crippen LogP contribution in [0.1, 0.15) is 24.3 Å². The molecular formula is C22H24ClN3O3. The lowest BCUT2D eigenvalue weighted by atomic mass is 10.1. The molecule has 0 radical (unpaired) electrons. The van der Waals surface area contributed by atoms with E-state index in [1.54, 1.807) is 60.5 Å². The van der Waals surface area contributed by atoms with E-state index in [1.807, 2.05) is 13.8 Å². The minimum atomic E-state index is -0.251. The molecule has 1 aromatic heterocycles. The second kappa shape index (κ2) is 9.09. The van der Waals surface area contributed by atoms with E-state index in [1.165, 1.54) is 4.68 Å². The fourth-order valence-electron chi connectivity index (χ4n) is 2.98. The Balaban J connectivity index is 1.80. The number of carbonyl (C=O) groups is 1. The van der Waals surface area contributed by atoms with Crippen LogP contribution in [0, 0.1) is 5.92 Å². The van der Waals surface area contributed by atoms with Crippen LogP contribution >= 0.6 is 11.6 Å². The zero-order valence-corrected chi connectivity index (χ0v) is 17.5. The molecule has 7 heteroatoms. The van der Waals surface area contributed by atoms with Crippen LogP contribution in [0.25, 0.3) is 10.8 Å². The molecule has 0 aliphatic rings. The molecule has 0 N–H and O–H groups in total. The van der Waals surface area contributed by atoms with Gasteiger partial charge in [-0.05, 0) is 36.2 Å². The van der Waals surface area contributed by atoms with Crippen LogP contribution < -0.4 is 10.3 Å². The molecule has 6 nitrogen and oxygen atoms in total. The van der Waals surface area contributed by atoms with Gasteiger partial charge in [0.2, 0.25) is 0 Å². The lowest BCUT2D eigenvalue weighted by Crippen LogP contribution is -2.34. The Labute approximate surface area is 174 Å². The maximum Gasteiger partial charge on any atom is 0.274 e. The van der Waals surface area contributed by atoms with Crippen LogP contribution in [0.15, 0.2) is 53.3 Å². The Hall–Kier alpha value is -2.86. The third-order valence-electron chi connectivity index (χ3n) is 4.46. The molecule has 1 heterocycles. The van der Waals surface area contributed by atoms with Crippen molar-refractivity contribution in [1.82, 2.24) is 14.7 Å². The summed E-state index contributed by atoms with van der Waals surface area (Å²) in [4.78, 5) is 27.3. The molecule has 29 heavy (non-hydrogen) atoms. The summed E-state index contributed by atoms with van der Waals surface area (Å²) in [6.45, 7) is 5.16. The van der Waals surface area contributed by atoms with Gasteiger partial charge in [-0.25, -0.2) is 4.68 Å². The van der Waals surface area contributed by atoms with E-state index in [0.717, 1.165) is 0 Å². The second-order valence-corrected chi connectivity index (χ2v) is 7.74. The zero-order valence-electron chi connectivity index (χ0n) is 16.8. The number of benzene rings is 2. The average molecular weight is 414 g/mol. The quantitative estimate of drug-likeness (QED) is 0.590. The van der Waals surface area contributed by atoms with Crippen molar-refractivity contribution in [3.8, 4) is 5.75 Å². The Morgan fingerprint density at radius 1 is 1.14 bits per heavy atom. The van der Waals surface area contributed by atoms with E-state index < -0.39 is 0 Å². The van der Waals surface area contributed by atoms with Crippen molar-refractivity contribution in [1.29, 1.82) is 0 Å². The minimum Gasteiger partial charge on any atom is -0.492 e. The van der Waals surface area contributed by atoms with Crippen molar-refractivity contribution in [2.24, 2.45) is 5.92 Å². The molecule has 0 unspecified atom stereocenters. The van der Waals surface area contributed by atoms with Gasteiger partial charge >= 0.3 is 0 Å². The maximum atomic E-state index is 13.1. The molecular weight excluding hydrogens is 390 g/mol. The van der Waals surface area contributed by atoms with Gasteiger partial charge in [-0.2, -0.15) is 5.10 Å². The normalized spacial score (nSPS) is 11.1. The van der Waals surface area contributed by atoms with Crippen molar-refractivity contribution < 1.29 is 9.53 Å². The molecule has 0 aliphatic heterocycles. The third kappa shape index (κ3) is 4.95. The summed E-state index contributed by atoms with van der Waals surface area (Å²) in [6.07, 6.45) is 0. The summed E-state index contributed by atoms with van der Waals surface area (Å²) in [5.41, 5.74) is 0.0921. The monoisotopic (exact) mass is 413 g/mol. The molecule has 3 rings (SSSR count). The zero-order chi connectivity index (χ0) is 21.0. The minimum absolute atomic E-state index is 0.181. The average Bonchev–Trinajstić information content (AvgIpc) is 2.70. The fraction of sp³-hybridized carbons (Fsp3) is 0.318. The summed E-state index contributed by atoms with van der Waals surface area (Å²) in [7, 11) is 1.70. The lowest BCUT2D eigenvalue weighted by Gasteiger charge is -2.19. The maximum absolute atomic E-state index is 13.1. The Bertz CT molecular complexity index is 1060. The molecule has 0 bridgehead atoms. The standard InChI is InChI=1S/C22H24ClN3O3/c1-15(2)14-26-21(27)19-7-5-4-6-18(19)20(24-26)22(28)25(3)12-13-29-17-10-8-16(23)9-11-17/h4-11,15H,12-14H2,1-3H3. The summed E-state index contributed by atoms with van der Waals surface area (Å²) in [6, 6.07) is 14.1. The largest absolute Gasteiger partial charge is 0.492 e. The predicted octanol–water partition coefficient (Wildman–Crippen LogP) is 3.86. The molecule has 0 fully saturated rings. The van der Waals surface area contributed by atoms with Gasteiger partial charge in [0.25, 0.3) is 11.5 Å². The first-order valence-corrected chi connectivity index (χ1v) is 9.88. The molecule has 0 saturated carbocycles. The highest BCUT2D eigenvalue weighted by Gasteiger charge is 2.20. The van der Waals surface area contributed by atoms with Gasteiger partial charge in [0, 0.05) is 24.0 Å². The molecule has 0 spiro atoms. The Kier molecular flexibility index (Phi) is 6.54. The smallest absolute Gasteiger partial charge is 0.274 e. The van der Waals surface area contributed by atoms with Gasteiger partial charge < -0.3 is 9.64 Å². The second-order valence-electron chi connectivity index (χ2n) is 7.30. The number of halogens is 1. The summed E-state index contributed by atoms with van der Waals surface area (Å²) < 4.78 is 7.06. The van der Waals surface area contributed by atoms with Gasteiger partial charge in [-0.3, -0.25) is 9.59 Å². The third-order valence-corrected chi connectivity index (χ3v) is 4.72. The number of likely N-dealkylation sites (N-methyl/N-ethyl adjacent to an activating group) is 1. The predicted molar refractivity (Wildman–Crippen MR) is 115 cm³/mol. The summed E-state index contributed by atoms with van der Waals surface area (Å²) >= 11 is 5.87. The molecule has 3 aromatic rings. The van der Waals surface area contributed by atoms with E-state index in [9.17, 15) is 9.59 Å². The van der Waals surface area contributed by atoms with Gasteiger partial charge in [0.15, 0.2) is 5.69 Å². The SMILES string of the molecule is CC(C)Cn1nc(C(=O)N(C)CCOc2ccc(Cl)cc2)c2ccccc2c1=O. The van der Waals surface area contributed by atoms with Gasteiger partial charge in [-0.1, -0.05) is 43.6 Å². The Morgan fingerprint density at radius 3 is 2.45 bits per heavy atom. The first-order chi connectivity index (χ1) is 13.9. The van der Waals surface area contributed by atoms with E-state index in [2.05, 4.69) is 5.10 Å². The number of ether oxygens (including phenoxy) is 1. The molecule has 1 amide bonds. The number of rotatable bonds is 7. The molecule has 152 valence electrons. The molecule has 0 saturated heterocycles. The van der Waals surface area contributed by atoms with Crippen molar-refractivity contribution in [3.63, 3.8) is 0 Å². The highest BCUT2D eigenvalue weighted by molar-refractivity contribution is 6.30. The van der Waals surface area contributed by atoms with Crippen molar-refractivity contribution in [2.45, 2.75) is 20.4 Å². The summed E-state index contributed by atoms with van der Waals surface area (Å²) in [5.74, 6) is 0.664. The fourth-order valence-corrected chi connectivity index (χ4v) is 3.10. The van der Waals surface area contributed by atoms with Crippen LogP contribution in [-0.2, 0) is 6.54 Å². The lowest BCUT2D eigenvalue weighted by molar-refractivity contribution is 0.0767. The first-order valence-electron chi connectivity index (χ1n) is 9.50. The molecule has 2 aromatic carbocycles. The highest BCUT2D eigenvalue weighted by atomic mass is 35.5. The number of hydrogen-bond acceptors (Lipinski definition) is 4. The van der Waals surface area contributed by atoms with Crippen LogP contribution in [0.5, 0.6) is 5.75 Å². The van der Waals surface area contributed by atoms with Gasteiger partial charge in [0.05, 0.1) is 11.9 Å². The highest BCUT2D eigenvalue weighted by Crippen LogP contribution is 2.17. The summed E-state index contributed by atoms with van der Waals surface area (Å²) in [5, 5.41) is 6.09. The number of nitrogens with zero attached hydrogens (tertiary/aromatic N) is 3. The number of amides is 1. The van der Waals surface area contributed by atoms with Crippen LogP contribution in [0.4, 0.5) is 0 Å². The Morgan fingerprint density at radius 2 is 1.79 bits per heavy atom. The van der Waals surface area contributed by atoms with E-state index in [4.69, 9.17) is 16.3 Å². The van der Waals surface area contributed by atoms with E-state index in [0.29, 0.717) is 41.2 Å². The van der Waals surface area contributed by atoms with Crippen molar-refractivity contribution >= 4 is 28.3 Å². The first kappa shape index (κ1) is 20.9. The number of hydrogen-bond donors (Lipinski definition) is 0. The molecule has 0 atom stereocenters. The van der Waals surface area contributed by atoms with Crippen LogP contribution in [0.2, 0.25) is 5.02 Å². The topological polar surface area (TPSA) is 64.4 Å². The van der Waals surface area contributed by atoms with Gasteiger partial charge in [0.1, 0.15) is 12.4 Å². The molecule has 0 aliphatic carbocycles. The van der Waals surface area contributed by atoms with E-state index in [-0.39, 0.29) is 23.1 Å². The van der Waals surface area contributed by atoms with Crippen LogP contribution in [-0.4, -0.2) is 40.8 Å². The number of carbonyl (C=O) groups excluding carboxylic acids is 1. The van der Waals surface area contributed by atoms with E-state index >= 15 is 0 Å².